The third-order valence-corrected chi connectivity index (χ3v) is 7.70. The third-order valence-electron chi connectivity index (χ3n) is 6.50. The van der Waals surface area contributed by atoms with Gasteiger partial charge in [0.05, 0.1) is 5.56 Å². The highest BCUT2D eigenvalue weighted by atomic mass is 32.2. The summed E-state index contributed by atoms with van der Waals surface area (Å²) in [5, 5.41) is 4.15. The van der Waals surface area contributed by atoms with Crippen molar-refractivity contribution in [1.82, 2.24) is 14.9 Å². The molecule has 1 fully saturated rings. The number of ketones is 1. The van der Waals surface area contributed by atoms with Crippen LogP contribution < -0.4 is 10.9 Å². The summed E-state index contributed by atoms with van der Waals surface area (Å²) in [6, 6.07) is 9.93. The van der Waals surface area contributed by atoms with Crippen LogP contribution >= 0.6 is 11.8 Å². The molecule has 1 aliphatic carbocycles. The Balaban J connectivity index is 1.72. The molecule has 32 heavy (non-hydrogen) atoms. The molecule has 4 unspecified atom stereocenters. The van der Waals surface area contributed by atoms with E-state index < -0.39 is 0 Å². The molecule has 172 valence electrons. The van der Waals surface area contributed by atoms with Crippen molar-refractivity contribution in [2.75, 3.05) is 31.7 Å². The highest BCUT2D eigenvalue weighted by Crippen LogP contribution is 2.48. The molecule has 0 saturated heterocycles. The topological polar surface area (TPSA) is 78.1 Å². The lowest BCUT2D eigenvalue weighted by Gasteiger charge is -2.46. The van der Waals surface area contributed by atoms with Crippen LogP contribution in [0.25, 0.3) is 0 Å². The Labute approximate surface area is 194 Å². The molecule has 0 amide bonds. The fourth-order valence-corrected chi connectivity index (χ4v) is 6.25. The molecule has 1 aliphatic heterocycles. The van der Waals surface area contributed by atoms with E-state index in [4.69, 9.17) is 4.98 Å². The van der Waals surface area contributed by atoms with E-state index in [-0.39, 0.29) is 34.6 Å². The number of aromatic amines is 1. The zero-order chi connectivity index (χ0) is 23.0. The molecule has 2 aliphatic rings. The Morgan fingerprint density at radius 3 is 2.62 bits per heavy atom. The smallest absolute Gasteiger partial charge is 0.257 e. The van der Waals surface area contributed by atoms with Crippen molar-refractivity contribution in [3.63, 3.8) is 0 Å². The lowest BCUT2D eigenvalue weighted by atomic mass is 9.62. The van der Waals surface area contributed by atoms with Gasteiger partial charge in [-0.15, -0.1) is 0 Å². The van der Waals surface area contributed by atoms with Gasteiger partial charge in [0.25, 0.3) is 5.56 Å². The molecule has 1 aromatic carbocycles. The predicted molar refractivity (Wildman–Crippen MR) is 131 cm³/mol. The molecule has 0 radical (unpaired) electrons. The summed E-state index contributed by atoms with van der Waals surface area (Å²) in [7, 11) is 4.13. The van der Waals surface area contributed by atoms with Crippen LogP contribution in [0.15, 0.2) is 40.3 Å². The molecule has 2 N–H and O–H groups in total. The van der Waals surface area contributed by atoms with Gasteiger partial charge in [-0.25, -0.2) is 4.98 Å². The van der Waals surface area contributed by atoms with E-state index in [1.807, 2.05) is 30.3 Å². The van der Waals surface area contributed by atoms with E-state index in [2.05, 4.69) is 50.1 Å². The number of benzene rings is 1. The van der Waals surface area contributed by atoms with Gasteiger partial charge >= 0.3 is 0 Å². The summed E-state index contributed by atoms with van der Waals surface area (Å²) in [4.78, 5) is 36.6. The van der Waals surface area contributed by atoms with Gasteiger partial charge in [0.1, 0.15) is 11.6 Å². The summed E-state index contributed by atoms with van der Waals surface area (Å²) in [5.41, 5.74) is 1.39. The number of anilines is 1. The van der Waals surface area contributed by atoms with Gasteiger partial charge in [0.15, 0.2) is 5.16 Å². The quantitative estimate of drug-likeness (QED) is 0.508. The van der Waals surface area contributed by atoms with E-state index in [1.54, 1.807) is 11.8 Å². The van der Waals surface area contributed by atoms with Crippen molar-refractivity contribution in [1.29, 1.82) is 0 Å². The number of hydrogen-bond acceptors (Lipinski definition) is 6. The molecule has 6 nitrogen and oxygen atoms in total. The first kappa shape index (κ1) is 23.1. The molecule has 1 aromatic heterocycles. The van der Waals surface area contributed by atoms with Crippen LogP contribution in [-0.2, 0) is 4.79 Å². The fraction of sp³-hybridized carbons (Fsp3) is 0.560. The first-order chi connectivity index (χ1) is 15.1. The van der Waals surface area contributed by atoms with Crippen molar-refractivity contribution < 1.29 is 4.79 Å². The van der Waals surface area contributed by atoms with Crippen LogP contribution in [0.1, 0.15) is 50.7 Å². The predicted octanol–water partition coefficient (Wildman–Crippen LogP) is 3.99. The van der Waals surface area contributed by atoms with Crippen molar-refractivity contribution in [2.45, 2.75) is 50.7 Å². The minimum absolute atomic E-state index is 0.0243. The standard InChI is InChI=1S/C25H34N4O2S/c1-15(13-29(4)5)14-32-24-27-22-21(23(31)28-24)19(16-9-7-6-8-10-16)20-17(26-22)11-25(2,3)12-18(20)30/h6-10,15,17,19-20H,11-14H2,1-5H3,(H2,26,27,28,31). The van der Waals surface area contributed by atoms with Gasteiger partial charge < -0.3 is 15.2 Å². The third kappa shape index (κ3) is 4.79. The maximum Gasteiger partial charge on any atom is 0.257 e. The SMILES string of the molecule is CC(CSc1nc2c(c(=O)[nH]1)C(c1ccccc1)C1C(=O)CC(C)(C)CC1N2)CN(C)C. The lowest BCUT2D eigenvalue weighted by Crippen LogP contribution is -2.51. The van der Waals surface area contributed by atoms with Crippen molar-refractivity contribution in [3.05, 3.63) is 51.8 Å². The minimum Gasteiger partial charge on any atom is -0.366 e. The second kappa shape index (κ2) is 9.02. The number of nitrogens with one attached hydrogen (secondary N) is 2. The number of nitrogens with zero attached hydrogens (tertiary/aromatic N) is 2. The van der Waals surface area contributed by atoms with Crippen LogP contribution in [0, 0.1) is 17.3 Å². The molecule has 4 atom stereocenters. The summed E-state index contributed by atoms with van der Waals surface area (Å²) >= 11 is 1.58. The van der Waals surface area contributed by atoms with Crippen LogP contribution in [0.5, 0.6) is 0 Å². The van der Waals surface area contributed by atoms with E-state index >= 15 is 0 Å². The number of thioether (sulfide) groups is 1. The maximum absolute atomic E-state index is 13.3. The van der Waals surface area contributed by atoms with Crippen molar-refractivity contribution in [3.8, 4) is 0 Å². The van der Waals surface area contributed by atoms with E-state index in [0.717, 1.165) is 24.3 Å². The fourth-order valence-electron chi connectivity index (χ4n) is 5.38. The minimum atomic E-state index is -0.274. The molecule has 0 spiro atoms. The average molecular weight is 455 g/mol. The van der Waals surface area contributed by atoms with Crippen LogP contribution in [-0.4, -0.2) is 53.1 Å². The Kier molecular flexibility index (Phi) is 6.50. The highest BCUT2D eigenvalue weighted by Gasteiger charge is 2.49. The zero-order valence-electron chi connectivity index (χ0n) is 19.6. The number of rotatable bonds is 6. The highest BCUT2D eigenvalue weighted by molar-refractivity contribution is 7.99. The number of carbonyl (C=O) groups is 1. The number of carbonyl (C=O) groups excluding carboxylic acids is 1. The van der Waals surface area contributed by atoms with Gasteiger partial charge in [-0.1, -0.05) is 62.9 Å². The number of H-pyrrole nitrogens is 1. The summed E-state index contributed by atoms with van der Waals surface area (Å²) < 4.78 is 0. The van der Waals surface area contributed by atoms with Crippen LogP contribution in [0.3, 0.4) is 0 Å². The Morgan fingerprint density at radius 1 is 1.22 bits per heavy atom. The number of Topliss-reactive ketones (excluding diaryl/α,β-unsaturated/α-hetero) is 1. The summed E-state index contributed by atoms with van der Waals surface area (Å²) in [6.45, 7) is 7.48. The molecule has 4 rings (SSSR count). The zero-order valence-corrected chi connectivity index (χ0v) is 20.5. The van der Waals surface area contributed by atoms with Gasteiger partial charge in [0.2, 0.25) is 0 Å². The van der Waals surface area contributed by atoms with E-state index in [1.165, 1.54) is 0 Å². The largest absolute Gasteiger partial charge is 0.366 e. The van der Waals surface area contributed by atoms with Gasteiger partial charge in [-0.3, -0.25) is 9.59 Å². The summed E-state index contributed by atoms with van der Waals surface area (Å²) in [6.07, 6.45) is 1.42. The van der Waals surface area contributed by atoms with E-state index in [0.29, 0.717) is 28.9 Å². The second-order valence-corrected chi connectivity index (χ2v) is 11.5. The second-order valence-electron chi connectivity index (χ2n) is 10.5. The van der Waals surface area contributed by atoms with Gasteiger partial charge in [-0.2, -0.15) is 0 Å². The Hall–Kier alpha value is -2.12. The van der Waals surface area contributed by atoms with Crippen LogP contribution in [0.4, 0.5) is 5.82 Å². The number of fused-ring (bicyclic) bond motifs is 2. The number of aromatic nitrogens is 2. The van der Waals surface area contributed by atoms with Crippen LogP contribution in [0.2, 0.25) is 0 Å². The molecule has 7 heteroatoms. The molecule has 2 aromatic rings. The van der Waals surface area contributed by atoms with Crippen molar-refractivity contribution >= 4 is 23.4 Å². The number of hydrogen-bond donors (Lipinski definition) is 2. The molecule has 0 bridgehead atoms. The molecule has 2 heterocycles. The monoisotopic (exact) mass is 454 g/mol. The first-order valence-corrected chi connectivity index (χ1v) is 12.4. The van der Waals surface area contributed by atoms with Gasteiger partial charge in [0, 0.05) is 36.6 Å². The Morgan fingerprint density at radius 2 is 1.94 bits per heavy atom. The Bertz CT molecular complexity index is 1030. The average Bonchev–Trinajstić information content (AvgIpc) is 2.70. The molecular weight excluding hydrogens is 420 g/mol. The molecule has 1 saturated carbocycles. The maximum atomic E-state index is 13.3. The first-order valence-electron chi connectivity index (χ1n) is 11.4. The normalized spacial score (nSPS) is 25.1. The summed E-state index contributed by atoms with van der Waals surface area (Å²) in [5.74, 6) is 1.69. The lowest BCUT2D eigenvalue weighted by molar-refractivity contribution is -0.129. The molecular formula is C25H34N4O2S. The van der Waals surface area contributed by atoms with Crippen molar-refractivity contribution in [2.24, 2.45) is 17.3 Å². The van der Waals surface area contributed by atoms with E-state index in [9.17, 15) is 9.59 Å². The van der Waals surface area contributed by atoms with Gasteiger partial charge in [-0.05, 0) is 37.4 Å².